The van der Waals surface area contributed by atoms with Crippen LogP contribution in [0.2, 0.25) is 0 Å². The van der Waals surface area contributed by atoms with E-state index in [0.29, 0.717) is 12.4 Å². The Kier molecular flexibility index (Phi) is 4.65. The molecule has 1 aromatic rings. The van der Waals surface area contributed by atoms with Crippen LogP contribution in [0.1, 0.15) is 19.4 Å². The second-order valence-electron chi connectivity index (χ2n) is 6.24. The van der Waals surface area contributed by atoms with Gasteiger partial charge in [0.2, 0.25) is 0 Å². The van der Waals surface area contributed by atoms with E-state index >= 15 is 0 Å². The van der Waals surface area contributed by atoms with E-state index in [0.717, 1.165) is 11.6 Å². The first-order valence-corrected chi connectivity index (χ1v) is 8.04. The first kappa shape index (κ1) is 17.3. The highest BCUT2D eigenvalue weighted by atomic mass is 19.4. The molecule has 2 heterocycles. The zero-order valence-corrected chi connectivity index (χ0v) is 14.0. The smallest absolute Gasteiger partial charge is 0.297 e. The second kappa shape index (κ2) is 6.74. The Balaban J connectivity index is 1.96. The third kappa shape index (κ3) is 3.60. The van der Waals surface area contributed by atoms with Crippen molar-refractivity contribution in [3.8, 4) is 0 Å². The number of fused-ring (bicyclic) bond motifs is 1. The SMILES string of the molecule is CC(C)C1NN=C2C(C(F)(F)F)=CC=CN2C1=NCc1ccccc1. The summed E-state index contributed by atoms with van der Waals surface area (Å²) in [6.45, 7) is 4.35. The summed E-state index contributed by atoms with van der Waals surface area (Å²) in [4.78, 5) is 6.05. The number of alkyl halides is 3. The molecular weight excluding hydrogens is 329 g/mol. The number of benzene rings is 1. The molecule has 3 rings (SSSR count). The number of aliphatic imine (C=N–C) groups is 1. The fourth-order valence-corrected chi connectivity index (χ4v) is 2.74. The quantitative estimate of drug-likeness (QED) is 0.901. The van der Waals surface area contributed by atoms with Gasteiger partial charge >= 0.3 is 6.18 Å². The maximum Gasteiger partial charge on any atom is 0.420 e. The van der Waals surface area contributed by atoms with Gasteiger partial charge in [0.25, 0.3) is 0 Å². The average molecular weight is 348 g/mol. The van der Waals surface area contributed by atoms with Crippen LogP contribution in [0.15, 0.2) is 64.4 Å². The topological polar surface area (TPSA) is 40.0 Å². The van der Waals surface area contributed by atoms with Crippen LogP contribution in [0.5, 0.6) is 0 Å². The highest BCUT2D eigenvalue weighted by Crippen LogP contribution is 2.32. The Morgan fingerprint density at radius 3 is 2.60 bits per heavy atom. The molecule has 1 unspecified atom stereocenters. The summed E-state index contributed by atoms with van der Waals surface area (Å²) in [6, 6.07) is 9.34. The number of nitrogens with one attached hydrogen (secondary N) is 1. The lowest BCUT2D eigenvalue weighted by atomic mass is 10.0. The van der Waals surface area contributed by atoms with Crippen LogP contribution in [-0.4, -0.2) is 28.8 Å². The van der Waals surface area contributed by atoms with Crippen LogP contribution in [0.25, 0.3) is 0 Å². The molecule has 0 spiro atoms. The molecule has 0 aromatic heterocycles. The van der Waals surface area contributed by atoms with Gasteiger partial charge in [-0.05, 0) is 23.6 Å². The van der Waals surface area contributed by atoms with Gasteiger partial charge in [0.1, 0.15) is 17.5 Å². The van der Waals surface area contributed by atoms with Gasteiger partial charge in [-0.25, -0.2) is 0 Å². The summed E-state index contributed by atoms with van der Waals surface area (Å²) in [5.74, 6) is 0.488. The molecule has 132 valence electrons. The van der Waals surface area contributed by atoms with Crippen molar-refractivity contribution >= 4 is 11.7 Å². The zero-order chi connectivity index (χ0) is 18.0. The van der Waals surface area contributed by atoms with Crippen LogP contribution in [0.3, 0.4) is 0 Å². The van der Waals surface area contributed by atoms with Crippen molar-refractivity contribution in [2.75, 3.05) is 0 Å². The first-order valence-electron chi connectivity index (χ1n) is 8.04. The largest absolute Gasteiger partial charge is 0.420 e. The monoisotopic (exact) mass is 348 g/mol. The minimum atomic E-state index is -4.47. The van der Waals surface area contributed by atoms with Gasteiger partial charge in [0.15, 0.2) is 5.84 Å². The van der Waals surface area contributed by atoms with Crippen molar-refractivity contribution in [2.45, 2.75) is 32.6 Å². The minimum absolute atomic E-state index is 0.119. The zero-order valence-electron chi connectivity index (χ0n) is 14.0. The molecule has 25 heavy (non-hydrogen) atoms. The molecule has 1 atom stereocenters. The molecule has 0 radical (unpaired) electrons. The number of rotatable bonds is 3. The van der Waals surface area contributed by atoms with Crippen molar-refractivity contribution in [3.63, 3.8) is 0 Å². The highest BCUT2D eigenvalue weighted by Gasteiger charge is 2.43. The average Bonchev–Trinajstić information content (AvgIpc) is 2.58. The fraction of sp³-hybridized carbons (Fsp3) is 0.333. The van der Waals surface area contributed by atoms with Gasteiger partial charge in [0.05, 0.1) is 6.54 Å². The van der Waals surface area contributed by atoms with Gasteiger partial charge < -0.3 is 0 Å². The van der Waals surface area contributed by atoms with Crippen LogP contribution >= 0.6 is 0 Å². The second-order valence-corrected chi connectivity index (χ2v) is 6.24. The summed E-state index contributed by atoms with van der Waals surface area (Å²) in [6.07, 6.45) is -0.489. The van der Waals surface area contributed by atoms with Crippen molar-refractivity contribution in [3.05, 3.63) is 59.8 Å². The maximum absolute atomic E-state index is 13.3. The van der Waals surface area contributed by atoms with E-state index < -0.39 is 11.7 Å². The van der Waals surface area contributed by atoms with Gasteiger partial charge in [-0.3, -0.25) is 15.3 Å². The van der Waals surface area contributed by atoms with E-state index in [1.807, 2.05) is 44.2 Å². The van der Waals surface area contributed by atoms with Crippen molar-refractivity contribution in [1.82, 2.24) is 10.3 Å². The first-order chi connectivity index (χ1) is 11.9. The minimum Gasteiger partial charge on any atom is -0.297 e. The molecule has 0 bridgehead atoms. The highest BCUT2D eigenvalue weighted by molar-refractivity contribution is 6.14. The van der Waals surface area contributed by atoms with Crippen LogP contribution in [-0.2, 0) is 6.54 Å². The maximum atomic E-state index is 13.3. The molecule has 2 aliphatic heterocycles. The molecule has 1 aromatic carbocycles. The van der Waals surface area contributed by atoms with Crippen molar-refractivity contribution in [1.29, 1.82) is 0 Å². The number of hydrogen-bond acceptors (Lipinski definition) is 3. The Bertz CT molecular complexity index is 745. The van der Waals surface area contributed by atoms with Crippen LogP contribution in [0, 0.1) is 5.92 Å². The summed E-state index contributed by atoms with van der Waals surface area (Å²) in [7, 11) is 0. The predicted octanol–water partition coefficient (Wildman–Crippen LogP) is 3.84. The van der Waals surface area contributed by atoms with E-state index in [9.17, 15) is 13.2 Å². The molecule has 0 amide bonds. The van der Waals surface area contributed by atoms with Gasteiger partial charge in [-0.1, -0.05) is 44.2 Å². The molecule has 0 saturated heterocycles. The fourth-order valence-electron chi connectivity index (χ4n) is 2.74. The van der Waals surface area contributed by atoms with E-state index in [1.165, 1.54) is 11.0 Å². The number of hydrazone groups is 1. The molecule has 1 N–H and O–H groups in total. The number of hydrogen-bond donors (Lipinski definition) is 1. The Labute approximate surface area is 144 Å². The summed E-state index contributed by atoms with van der Waals surface area (Å²) >= 11 is 0. The molecule has 2 aliphatic rings. The molecule has 7 heteroatoms. The third-order valence-electron chi connectivity index (χ3n) is 4.04. The molecule has 4 nitrogen and oxygen atoms in total. The summed E-state index contributed by atoms with van der Waals surface area (Å²) in [5, 5.41) is 3.98. The summed E-state index contributed by atoms with van der Waals surface area (Å²) in [5.41, 5.74) is 3.06. The van der Waals surface area contributed by atoms with E-state index in [2.05, 4.69) is 15.5 Å². The Morgan fingerprint density at radius 2 is 1.96 bits per heavy atom. The van der Waals surface area contributed by atoms with E-state index in [1.54, 1.807) is 6.20 Å². The molecule has 0 saturated carbocycles. The Morgan fingerprint density at radius 1 is 1.24 bits per heavy atom. The normalized spacial score (nSPS) is 21.8. The van der Waals surface area contributed by atoms with E-state index in [4.69, 9.17) is 0 Å². The van der Waals surface area contributed by atoms with Crippen LogP contribution in [0.4, 0.5) is 13.2 Å². The number of amidine groups is 2. The van der Waals surface area contributed by atoms with Gasteiger partial charge in [-0.15, -0.1) is 0 Å². The third-order valence-corrected chi connectivity index (χ3v) is 4.04. The van der Waals surface area contributed by atoms with Crippen molar-refractivity contribution in [2.24, 2.45) is 16.0 Å². The standard InChI is InChI=1S/C18H19F3N4/c1-12(2)15-17(22-11-13-7-4-3-5-8-13)25-10-6-9-14(18(19,20)21)16(25)24-23-15/h3-10,12,15,23H,11H2,1-2H3. The Hall–Kier alpha value is -2.57. The lowest BCUT2D eigenvalue weighted by Gasteiger charge is -2.37. The lowest BCUT2D eigenvalue weighted by Crippen LogP contribution is -2.55. The van der Waals surface area contributed by atoms with Crippen molar-refractivity contribution < 1.29 is 13.2 Å². The number of allylic oxidation sites excluding steroid dienone is 2. The lowest BCUT2D eigenvalue weighted by molar-refractivity contribution is -0.0868. The van der Waals surface area contributed by atoms with Gasteiger partial charge in [-0.2, -0.15) is 18.3 Å². The molecule has 0 fully saturated rings. The number of nitrogens with zero attached hydrogens (tertiary/aromatic N) is 3. The summed E-state index contributed by atoms with van der Waals surface area (Å²) < 4.78 is 39.8. The van der Waals surface area contributed by atoms with Gasteiger partial charge in [0, 0.05) is 6.20 Å². The molecule has 0 aliphatic carbocycles. The molecular formula is C18H19F3N4. The number of halogens is 3. The van der Waals surface area contributed by atoms with E-state index in [-0.39, 0.29) is 17.8 Å². The van der Waals surface area contributed by atoms with Crippen LogP contribution < -0.4 is 5.43 Å². The predicted molar refractivity (Wildman–Crippen MR) is 91.9 cm³/mol.